The molecule has 0 radical (unpaired) electrons. The second kappa shape index (κ2) is 7.77. The van der Waals surface area contributed by atoms with Crippen molar-refractivity contribution in [3.05, 3.63) is 69.7 Å². The molecule has 2 aromatic carbocycles. The van der Waals surface area contributed by atoms with Crippen LogP contribution >= 0.6 is 11.3 Å². The minimum absolute atomic E-state index is 0.00685. The fourth-order valence-electron chi connectivity index (χ4n) is 4.65. The molecule has 1 fully saturated rings. The molecule has 1 aromatic heterocycles. The highest BCUT2D eigenvalue weighted by Gasteiger charge is 2.44. The van der Waals surface area contributed by atoms with Crippen LogP contribution in [0.2, 0.25) is 0 Å². The number of piperidine rings is 1. The SMILES string of the molecule is Cc1ccc(-c2nc(C)c(C(=O)N3CCC4(CC3)COc3ccc(CN)cc34)s2)cc1. The van der Waals surface area contributed by atoms with Crippen molar-refractivity contribution < 1.29 is 9.53 Å². The van der Waals surface area contributed by atoms with Crippen LogP contribution in [0.25, 0.3) is 10.6 Å². The van der Waals surface area contributed by atoms with Gasteiger partial charge in [0.05, 0.1) is 12.3 Å². The number of carbonyl (C=O) groups is 1. The van der Waals surface area contributed by atoms with E-state index in [9.17, 15) is 4.79 Å². The number of rotatable bonds is 3. The summed E-state index contributed by atoms with van der Waals surface area (Å²) in [6.07, 6.45) is 1.81. The second-order valence-electron chi connectivity index (χ2n) is 8.70. The Bertz CT molecular complexity index is 1130. The molecule has 6 heteroatoms. The fourth-order valence-corrected chi connectivity index (χ4v) is 5.69. The first kappa shape index (κ1) is 20.2. The number of hydrogen-bond donors (Lipinski definition) is 1. The zero-order valence-corrected chi connectivity index (χ0v) is 18.8. The van der Waals surface area contributed by atoms with Gasteiger partial charge in [-0.2, -0.15) is 0 Å². The largest absolute Gasteiger partial charge is 0.492 e. The third-order valence-corrected chi connectivity index (χ3v) is 7.85. The molecule has 2 N–H and O–H groups in total. The van der Waals surface area contributed by atoms with E-state index >= 15 is 0 Å². The van der Waals surface area contributed by atoms with Gasteiger partial charge in [-0.3, -0.25) is 4.79 Å². The van der Waals surface area contributed by atoms with Gasteiger partial charge in [-0.25, -0.2) is 4.98 Å². The zero-order valence-electron chi connectivity index (χ0n) is 18.0. The Hall–Kier alpha value is -2.70. The molecule has 160 valence electrons. The summed E-state index contributed by atoms with van der Waals surface area (Å²) < 4.78 is 6.00. The van der Waals surface area contributed by atoms with Gasteiger partial charge in [-0.15, -0.1) is 11.3 Å². The fraction of sp³-hybridized carbons (Fsp3) is 0.360. The number of likely N-dealkylation sites (tertiary alicyclic amines) is 1. The van der Waals surface area contributed by atoms with E-state index < -0.39 is 0 Å². The summed E-state index contributed by atoms with van der Waals surface area (Å²) in [6, 6.07) is 14.6. The molecule has 0 saturated carbocycles. The van der Waals surface area contributed by atoms with Crippen LogP contribution in [-0.2, 0) is 12.0 Å². The number of aromatic nitrogens is 1. The third kappa shape index (κ3) is 3.54. The van der Waals surface area contributed by atoms with Gasteiger partial charge in [0.2, 0.25) is 0 Å². The van der Waals surface area contributed by atoms with E-state index in [2.05, 4.69) is 42.2 Å². The Morgan fingerprint density at radius 3 is 2.61 bits per heavy atom. The number of fused-ring (bicyclic) bond motifs is 2. The zero-order chi connectivity index (χ0) is 21.6. The van der Waals surface area contributed by atoms with Crippen LogP contribution in [0.15, 0.2) is 42.5 Å². The molecular formula is C25H27N3O2S. The average Bonchev–Trinajstić information content (AvgIpc) is 3.35. The molecule has 3 aromatic rings. The van der Waals surface area contributed by atoms with Crippen molar-refractivity contribution in [2.24, 2.45) is 5.73 Å². The number of ether oxygens (including phenoxy) is 1. The van der Waals surface area contributed by atoms with Crippen LogP contribution < -0.4 is 10.5 Å². The maximum absolute atomic E-state index is 13.3. The van der Waals surface area contributed by atoms with Crippen molar-refractivity contribution in [2.45, 2.75) is 38.6 Å². The van der Waals surface area contributed by atoms with Gasteiger partial charge >= 0.3 is 0 Å². The summed E-state index contributed by atoms with van der Waals surface area (Å²) in [5.41, 5.74) is 11.3. The highest BCUT2D eigenvalue weighted by molar-refractivity contribution is 7.17. The molecule has 0 aliphatic carbocycles. The predicted molar refractivity (Wildman–Crippen MR) is 124 cm³/mol. The average molecular weight is 434 g/mol. The van der Waals surface area contributed by atoms with E-state index in [1.807, 2.05) is 24.0 Å². The van der Waals surface area contributed by atoms with Crippen molar-refractivity contribution in [3.63, 3.8) is 0 Å². The lowest BCUT2D eigenvalue weighted by Crippen LogP contribution is -2.46. The molecule has 5 rings (SSSR count). The standard InChI is InChI=1S/C25H27N3O2S/c1-16-3-6-19(7-4-16)23-27-17(2)22(31-23)24(29)28-11-9-25(10-12-28)15-30-21-8-5-18(14-26)13-20(21)25/h3-8,13H,9-12,14-15,26H2,1-2H3. The third-order valence-electron chi connectivity index (χ3n) is 6.65. The van der Waals surface area contributed by atoms with Crippen LogP contribution in [0.3, 0.4) is 0 Å². The van der Waals surface area contributed by atoms with Gasteiger partial charge in [0.15, 0.2) is 0 Å². The lowest BCUT2D eigenvalue weighted by Gasteiger charge is -2.38. The van der Waals surface area contributed by atoms with Gasteiger partial charge in [0.25, 0.3) is 5.91 Å². The number of aryl methyl sites for hydroxylation is 2. The molecule has 1 spiro atoms. The molecule has 0 bridgehead atoms. The Labute approximate surface area is 186 Å². The Kier molecular flexibility index (Phi) is 5.07. The number of nitrogens with zero attached hydrogens (tertiary/aromatic N) is 2. The summed E-state index contributed by atoms with van der Waals surface area (Å²) in [6.45, 7) is 6.68. The molecular weight excluding hydrogens is 406 g/mol. The number of nitrogens with two attached hydrogens (primary N) is 1. The molecule has 5 nitrogen and oxygen atoms in total. The lowest BCUT2D eigenvalue weighted by molar-refractivity contribution is 0.0650. The van der Waals surface area contributed by atoms with Crippen molar-refractivity contribution in [2.75, 3.05) is 19.7 Å². The Morgan fingerprint density at radius 1 is 1.16 bits per heavy atom. The molecule has 1 saturated heterocycles. The lowest BCUT2D eigenvalue weighted by atomic mass is 9.74. The first-order valence-electron chi connectivity index (χ1n) is 10.8. The van der Waals surface area contributed by atoms with Gasteiger partial charge in [-0.1, -0.05) is 42.0 Å². The molecule has 3 heterocycles. The minimum Gasteiger partial charge on any atom is -0.492 e. The first-order valence-corrected chi connectivity index (χ1v) is 11.6. The van der Waals surface area contributed by atoms with E-state index in [1.165, 1.54) is 22.5 Å². The highest BCUT2D eigenvalue weighted by atomic mass is 32.1. The molecule has 2 aliphatic heterocycles. The topological polar surface area (TPSA) is 68.5 Å². The number of carbonyl (C=O) groups excluding carboxylic acids is 1. The maximum atomic E-state index is 13.3. The number of benzene rings is 2. The van der Waals surface area contributed by atoms with E-state index in [-0.39, 0.29) is 11.3 Å². The van der Waals surface area contributed by atoms with E-state index in [0.29, 0.717) is 13.2 Å². The van der Waals surface area contributed by atoms with Gasteiger partial charge in [0.1, 0.15) is 15.6 Å². The van der Waals surface area contributed by atoms with Crippen LogP contribution in [-0.4, -0.2) is 35.5 Å². The predicted octanol–water partition coefficient (Wildman–Crippen LogP) is 4.45. The summed E-state index contributed by atoms with van der Waals surface area (Å²) in [7, 11) is 0. The van der Waals surface area contributed by atoms with Crippen LogP contribution in [0.4, 0.5) is 0 Å². The van der Waals surface area contributed by atoms with E-state index in [1.54, 1.807) is 0 Å². The van der Waals surface area contributed by atoms with E-state index in [4.69, 9.17) is 10.5 Å². The maximum Gasteiger partial charge on any atom is 0.265 e. The minimum atomic E-state index is -0.00685. The molecule has 0 atom stereocenters. The van der Waals surface area contributed by atoms with Crippen LogP contribution in [0.5, 0.6) is 5.75 Å². The summed E-state index contributed by atoms with van der Waals surface area (Å²) in [5.74, 6) is 1.07. The normalized spacial score (nSPS) is 16.9. The van der Waals surface area contributed by atoms with Crippen molar-refractivity contribution in [3.8, 4) is 16.3 Å². The van der Waals surface area contributed by atoms with Gasteiger partial charge in [-0.05, 0) is 38.3 Å². The van der Waals surface area contributed by atoms with Crippen molar-refractivity contribution >= 4 is 17.2 Å². The second-order valence-corrected chi connectivity index (χ2v) is 9.69. The van der Waals surface area contributed by atoms with Gasteiger partial charge < -0.3 is 15.4 Å². The van der Waals surface area contributed by atoms with Crippen LogP contribution in [0, 0.1) is 13.8 Å². The highest BCUT2D eigenvalue weighted by Crippen LogP contribution is 2.46. The smallest absolute Gasteiger partial charge is 0.265 e. The molecule has 31 heavy (non-hydrogen) atoms. The summed E-state index contributed by atoms with van der Waals surface area (Å²) >= 11 is 1.50. The Balaban J connectivity index is 1.33. The Morgan fingerprint density at radius 2 is 1.90 bits per heavy atom. The summed E-state index contributed by atoms with van der Waals surface area (Å²) in [4.78, 5) is 20.7. The first-order chi connectivity index (χ1) is 15.0. The van der Waals surface area contributed by atoms with Gasteiger partial charge in [0, 0.05) is 36.2 Å². The summed E-state index contributed by atoms with van der Waals surface area (Å²) in [5, 5.41) is 0.904. The van der Waals surface area contributed by atoms with Crippen molar-refractivity contribution in [1.82, 2.24) is 9.88 Å². The molecule has 0 unspecified atom stereocenters. The number of amides is 1. The monoisotopic (exact) mass is 433 g/mol. The number of hydrogen-bond acceptors (Lipinski definition) is 5. The quantitative estimate of drug-likeness (QED) is 0.663. The van der Waals surface area contributed by atoms with Crippen LogP contribution in [0.1, 0.15) is 44.9 Å². The molecule has 1 amide bonds. The van der Waals surface area contributed by atoms with Crippen molar-refractivity contribution in [1.29, 1.82) is 0 Å². The molecule has 2 aliphatic rings. The number of thiazole rings is 1. The van der Waals surface area contributed by atoms with E-state index in [0.717, 1.165) is 58.4 Å².